The fraction of sp³-hybridized carbons (Fsp3) is 0.0952. The van der Waals surface area contributed by atoms with E-state index in [1.165, 1.54) is 6.07 Å². The molecule has 0 bridgehead atoms. The van der Waals surface area contributed by atoms with Gasteiger partial charge in [0.25, 0.3) is 0 Å². The molecule has 2 aromatic carbocycles. The summed E-state index contributed by atoms with van der Waals surface area (Å²) in [4.78, 5) is 0. The summed E-state index contributed by atoms with van der Waals surface area (Å²) in [6.45, 7) is 1.91. The number of pyridine rings is 1. The minimum Gasteiger partial charge on any atom is -0.497 e. The van der Waals surface area contributed by atoms with E-state index in [4.69, 9.17) is 4.74 Å². The lowest BCUT2D eigenvalue weighted by atomic mass is 9.99. The van der Waals surface area contributed by atoms with E-state index in [1.54, 1.807) is 19.2 Å². The lowest BCUT2D eigenvalue weighted by Gasteiger charge is -2.12. The van der Waals surface area contributed by atoms with Crippen molar-refractivity contribution in [2.24, 2.45) is 0 Å². The smallest absolute Gasteiger partial charge is 0.133 e. The number of fused-ring (bicyclic) bond motifs is 3. The molecule has 4 aromatic rings. The highest BCUT2D eigenvalue weighted by atomic mass is 19.1. The van der Waals surface area contributed by atoms with E-state index in [1.807, 2.05) is 47.9 Å². The second kappa shape index (κ2) is 5.64. The van der Waals surface area contributed by atoms with Crippen molar-refractivity contribution in [1.29, 1.82) is 5.26 Å². The predicted octanol–water partition coefficient (Wildman–Crippen LogP) is 5.09. The Balaban J connectivity index is 2.16. The topological polar surface area (TPSA) is 37.4 Å². The summed E-state index contributed by atoms with van der Waals surface area (Å²) in [6, 6.07) is 16.7. The van der Waals surface area contributed by atoms with Crippen molar-refractivity contribution >= 4 is 16.3 Å². The average Bonchev–Trinajstić information content (AvgIpc) is 2.97. The molecule has 4 rings (SSSR count). The Morgan fingerprint density at radius 3 is 2.56 bits per heavy atom. The molecule has 0 atom stereocenters. The first-order valence-corrected chi connectivity index (χ1v) is 7.91. The second-order valence-electron chi connectivity index (χ2n) is 5.96. The molecule has 25 heavy (non-hydrogen) atoms. The molecule has 4 heteroatoms. The molecule has 2 aromatic heterocycles. The van der Waals surface area contributed by atoms with Gasteiger partial charge in [-0.15, -0.1) is 0 Å². The van der Waals surface area contributed by atoms with E-state index >= 15 is 0 Å². The molecular weight excluding hydrogens is 315 g/mol. The number of aryl methyl sites for hydroxylation is 1. The molecule has 0 fully saturated rings. The largest absolute Gasteiger partial charge is 0.497 e. The van der Waals surface area contributed by atoms with Crippen molar-refractivity contribution in [3.8, 4) is 22.9 Å². The number of methoxy groups -OCH3 is 1. The quantitative estimate of drug-likeness (QED) is 0.513. The molecule has 3 nitrogen and oxygen atoms in total. The number of nitriles is 1. The van der Waals surface area contributed by atoms with Gasteiger partial charge < -0.3 is 9.14 Å². The van der Waals surface area contributed by atoms with E-state index in [-0.39, 0.29) is 5.82 Å². The summed E-state index contributed by atoms with van der Waals surface area (Å²) in [5.74, 6) is 0.441. The first-order valence-electron chi connectivity index (χ1n) is 7.91. The van der Waals surface area contributed by atoms with Gasteiger partial charge in [0.05, 0.1) is 18.2 Å². The van der Waals surface area contributed by atoms with Crippen LogP contribution in [-0.4, -0.2) is 11.5 Å². The van der Waals surface area contributed by atoms with Crippen molar-refractivity contribution in [3.05, 3.63) is 71.8 Å². The minimum absolute atomic E-state index is 0.326. The van der Waals surface area contributed by atoms with Crippen LogP contribution in [0.15, 0.2) is 54.7 Å². The Morgan fingerprint density at radius 1 is 1.12 bits per heavy atom. The number of halogens is 1. The van der Waals surface area contributed by atoms with Crippen LogP contribution in [0.25, 0.3) is 27.4 Å². The maximum absolute atomic E-state index is 14.7. The third-order valence-corrected chi connectivity index (χ3v) is 4.55. The Morgan fingerprint density at radius 2 is 1.88 bits per heavy atom. The van der Waals surface area contributed by atoms with Crippen LogP contribution in [-0.2, 0) is 0 Å². The second-order valence-corrected chi connectivity index (χ2v) is 5.96. The fourth-order valence-electron chi connectivity index (χ4n) is 3.35. The average molecular weight is 330 g/mol. The zero-order valence-electron chi connectivity index (χ0n) is 13.9. The van der Waals surface area contributed by atoms with Crippen LogP contribution in [0.4, 0.5) is 4.39 Å². The lowest BCUT2D eigenvalue weighted by Crippen LogP contribution is -1.94. The van der Waals surface area contributed by atoms with Gasteiger partial charge >= 0.3 is 0 Å². The number of benzene rings is 2. The van der Waals surface area contributed by atoms with Gasteiger partial charge in [0.2, 0.25) is 0 Å². The molecule has 0 amide bonds. The highest BCUT2D eigenvalue weighted by molar-refractivity contribution is 6.06. The zero-order valence-corrected chi connectivity index (χ0v) is 13.9. The highest BCUT2D eigenvalue weighted by Crippen LogP contribution is 2.35. The number of nitrogens with zero attached hydrogens (tertiary/aromatic N) is 2. The monoisotopic (exact) mass is 330 g/mol. The van der Waals surface area contributed by atoms with E-state index in [9.17, 15) is 9.65 Å². The molecule has 0 saturated heterocycles. The van der Waals surface area contributed by atoms with E-state index in [0.717, 1.165) is 28.0 Å². The van der Waals surface area contributed by atoms with E-state index < -0.39 is 0 Å². The van der Waals surface area contributed by atoms with Crippen LogP contribution in [0.2, 0.25) is 0 Å². The van der Waals surface area contributed by atoms with Gasteiger partial charge in [0.1, 0.15) is 17.6 Å². The first kappa shape index (κ1) is 15.2. The fourth-order valence-corrected chi connectivity index (χ4v) is 3.35. The first-order chi connectivity index (χ1) is 12.1. The maximum Gasteiger partial charge on any atom is 0.133 e. The number of rotatable bonds is 2. The van der Waals surface area contributed by atoms with Crippen LogP contribution in [0.3, 0.4) is 0 Å². The van der Waals surface area contributed by atoms with Gasteiger partial charge in [-0.25, -0.2) is 4.39 Å². The van der Waals surface area contributed by atoms with Crippen molar-refractivity contribution in [1.82, 2.24) is 4.40 Å². The summed E-state index contributed by atoms with van der Waals surface area (Å²) < 4.78 is 21.8. The van der Waals surface area contributed by atoms with Gasteiger partial charge in [-0.1, -0.05) is 24.3 Å². The van der Waals surface area contributed by atoms with Gasteiger partial charge in [-0.05, 0) is 42.1 Å². The van der Waals surface area contributed by atoms with Gasteiger partial charge in [0, 0.05) is 22.8 Å². The van der Waals surface area contributed by atoms with E-state index in [0.29, 0.717) is 16.5 Å². The Bertz CT molecular complexity index is 1150. The minimum atomic E-state index is -0.326. The molecule has 0 radical (unpaired) electrons. The van der Waals surface area contributed by atoms with Crippen LogP contribution in [0.1, 0.15) is 11.3 Å². The van der Waals surface area contributed by atoms with Gasteiger partial charge in [0.15, 0.2) is 0 Å². The summed E-state index contributed by atoms with van der Waals surface area (Å²) in [7, 11) is 1.62. The molecular formula is C21H15FN2O. The predicted molar refractivity (Wildman–Crippen MR) is 96.3 cm³/mol. The molecule has 0 N–H and O–H groups in total. The van der Waals surface area contributed by atoms with Crippen molar-refractivity contribution in [2.45, 2.75) is 6.92 Å². The van der Waals surface area contributed by atoms with Gasteiger partial charge in [-0.3, -0.25) is 0 Å². The summed E-state index contributed by atoms with van der Waals surface area (Å²) in [6.07, 6.45) is 1.97. The van der Waals surface area contributed by atoms with Crippen LogP contribution in [0, 0.1) is 24.1 Å². The van der Waals surface area contributed by atoms with Crippen molar-refractivity contribution in [3.63, 3.8) is 0 Å². The zero-order chi connectivity index (χ0) is 17.6. The maximum atomic E-state index is 14.7. The number of ether oxygens (including phenoxy) is 1. The molecule has 0 saturated carbocycles. The van der Waals surface area contributed by atoms with Crippen LogP contribution in [0.5, 0.6) is 5.75 Å². The number of aromatic nitrogens is 1. The van der Waals surface area contributed by atoms with Crippen LogP contribution >= 0.6 is 0 Å². The molecule has 0 spiro atoms. The molecule has 0 aliphatic carbocycles. The molecule has 0 unspecified atom stereocenters. The Labute approximate surface area is 144 Å². The number of hydrogen-bond donors (Lipinski definition) is 0. The van der Waals surface area contributed by atoms with Crippen LogP contribution < -0.4 is 4.74 Å². The molecule has 2 heterocycles. The third kappa shape index (κ3) is 2.25. The summed E-state index contributed by atoms with van der Waals surface area (Å²) >= 11 is 0. The van der Waals surface area contributed by atoms with Crippen molar-refractivity contribution in [2.75, 3.05) is 7.11 Å². The summed E-state index contributed by atoms with van der Waals surface area (Å²) in [5.41, 5.74) is 3.86. The Hall–Kier alpha value is -3.32. The molecule has 0 aliphatic rings. The molecule has 0 aliphatic heterocycles. The standard InChI is InChI=1S/C21H15FN2O/c1-13-10-15(11-23)21-20-17(4-3-5-19(20)22)18(12-24(13)21)14-6-8-16(25-2)9-7-14/h3-10,12H,1-2H3. The van der Waals surface area contributed by atoms with Crippen molar-refractivity contribution < 1.29 is 9.13 Å². The number of hydrogen-bond acceptors (Lipinski definition) is 2. The highest BCUT2D eigenvalue weighted by Gasteiger charge is 2.16. The molecule has 122 valence electrons. The third-order valence-electron chi connectivity index (χ3n) is 4.55. The normalized spacial score (nSPS) is 11.0. The Kier molecular flexibility index (Phi) is 3.43. The lowest BCUT2D eigenvalue weighted by molar-refractivity contribution is 0.415. The van der Waals surface area contributed by atoms with E-state index in [2.05, 4.69) is 6.07 Å². The van der Waals surface area contributed by atoms with Gasteiger partial charge in [-0.2, -0.15) is 5.26 Å². The summed E-state index contributed by atoms with van der Waals surface area (Å²) in [5, 5.41) is 10.7. The SMILES string of the molecule is COc1ccc(-c2cn3c(C)cc(C#N)c3c3c(F)cccc23)cc1.